The number of hydrogen-bond acceptors (Lipinski definition) is 6. The Morgan fingerprint density at radius 1 is 1.41 bits per heavy atom. The van der Waals surface area contributed by atoms with Crippen molar-refractivity contribution in [2.45, 2.75) is 24.8 Å². The SMILES string of the molecule is CN1C(=O)C[C@H](C(=O)O)C12CCN(c1cc(N)ncn1)CC2. The Morgan fingerprint density at radius 2 is 2.09 bits per heavy atom. The maximum absolute atomic E-state index is 12.0. The van der Waals surface area contributed by atoms with Crippen LogP contribution >= 0.6 is 0 Å². The Hall–Kier alpha value is -2.38. The number of aromatic nitrogens is 2. The Morgan fingerprint density at radius 3 is 2.68 bits per heavy atom. The minimum Gasteiger partial charge on any atom is -0.481 e. The zero-order valence-electron chi connectivity index (χ0n) is 12.4. The first kappa shape index (κ1) is 14.6. The largest absolute Gasteiger partial charge is 0.481 e. The lowest BCUT2D eigenvalue weighted by atomic mass is 9.77. The van der Waals surface area contributed by atoms with Crippen LogP contribution in [0.1, 0.15) is 19.3 Å². The molecule has 22 heavy (non-hydrogen) atoms. The van der Waals surface area contributed by atoms with Crippen molar-refractivity contribution in [3.8, 4) is 0 Å². The van der Waals surface area contributed by atoms with E-state index in [2.05, 4.69) is 14.9 Å². The molecule has 3 N–H and O–H groups in total. The Labute approximate surface area is 127 Å². The average Bonchev–Trinajstić information content (AvgIpc) is 2.74. The monoisotopic (exact) mass is 305 g/mol. The number of anilines is 2. The summed E-state index contributed by atoms with van der Waals surface area (Å²) in [5.41, 5.74) is 5.09. The molecule has 0 aliphatic carbocycles. The molecule has 3 heterocycles. The van der Waals surface area contributed by atoms with Crippen LogP contribution in [-0.2, 0) is 9.59 Å². The lowest BCUT2D eigenvalue weighted by molar-refractivity contribution is -0.145. The van der Waals surface area contributed by atoms with E-state index in [0.717, 1.165) is 5.82 Å². The smallest absolute Gasteiger partial charge is 0.309 e. The Kier molecular flexibility index (Phi) is 3.38. The number of nitrogens with two attached hydrogens (primary N) is 1. The highest BCUT2D eigenvalue weighted by molar-refractivity contribution is 5.88. The number of carbonyl (C=O) groups excluding carboxylic acids is 1. The number of hydrogen-bond donors (Lipinski definition) is 2. The zero-order valence-corrected chi connectivity index (χ0v) is 12.4. The third-order valence-corrected chi connectivity index (χ3v) is 4.99. The van der Waals surface area contributed by atoms with E-state index in [4.69, 9.17) is 5.73 Å². The van der Waals surface area contributed by atoms with Crippen molar-refractivity contribution in [2.24, 2.45) is 5.92 Å². The molecule has 2 aliphatic rings. The molecule has 0 aromatic carbocycles. The fraction of sp³-hybridized carbons (Fsp3) is 0.571. The van der Waals surface area contributed by atoms with Gasteiger partial charge in [0.05, 0.1) is 11.5 Å². The van der Waals surface area contributed by atoms with Gasteiger partial charge in [0.2, 0.25) is 5.91 Å². The molecule has 2 saturated heterocycles. The normalized spacial score (nSPS) is 24.0. The van der Waals surface area contributed by atoms with E-state index < -0.39 is 17.4 Å². The molecular weight excluding hydrogens is 286 g/mol. The van der Waals surface area contributed by atoms with Gasteiger partial charge in [0, 0.05) is 32.6 Å². The number of aliphatic carboxylic acids is 1. The molecule has 8 nitrogen and oxygen atoms in total. The maximum atomic E-state index is 12.0. The summed E-state index contributed by atoms with van der Waals surface area (Å²) in [7, 11) is 1.71. The van der Waals surface area contributed by atoms with E-state index >= 15 is 0 Å². The maximum Gasteiger partial charge on any atom is 0.309 e. The second-order valence-electron chi connectivity index (χ2n) is 5.94. The van der Waals surface area contributed by atoms with Crippen molar-refractivity contribution < 1.29 is 14.7 Å². The van der Waals surface area contributed by atoms with Gasteiger partial charge in [-0.1, -0.05) is 0 Å². The van der Waals surface area contributed by atoms with Gasteiger partial charge >= 0.3 is 5.97 Å². The van der Waals surface area contributed by atoms with Crippen LogP contribution in [0.2, 0.25) is 0 Å². The molecule has 1 atom stereocenters. The molecule has 1 amide bonds. The summed E-state index contributed by atoms with van der Waals surface area (Å²) in [6.45, 7) is 1.27. The summed E-state index contributed by atoms with van der Waals surface area (Å²) in [6.07, 6.45) is 2.72. The van der Waals surface area contributed by atoms with Crippen LogP contribution < -0.4 is 10.6 Å². The molecule has 1 spiro atoms. The fourth-order valence-corrected chi connectivity index (χ4v) is 3.64. The third-order valence-electron chi connectivity index (χ3n) is 4.99. The second-order valence-corrected chi connectivity index (χ2v) is 5.94. The van der Waals surface area contributed by atoms with E-state index in [1.54, 1.807) is 18.0 Å². The number of rotatable bonds is 2. The topological polar surface area (TPSA) is 113 Å². The minimum atomic E-state index is -0.891. The number of carboxylic acids is 1. The van der Waals surface area contributed by atoms with Crippen LogP contribution in [0.15, 0.2) is 12.4 Å². The highest BCUT2D eigenvalue weighted by atomic mass is 16.4. The number of likely N-dealkylation sites (tertiary alicyclic amines) is 1. The molecule has 3 rings (SSSR count). The van der Waals surface area contributed by atoms with E-state index in [1.165, 1.54) is 6.33 Å². The first-order valence-corrected chi connectivity index (χ1v) is 7.26. The Bertz CT molecular complexity index is 612. The summed E-state index contributed by atoms with van der Waals surface area (Å²) >= 11 is 0. The lowest BCUT2D eigenvalue weighted by Crippen LogP contribution is -2.56. The molecule has 118 valence electrons. The fourth-order valence-electron chi connectivity index (χ4n) is 3.64. The number of nitrogens with zero attached hydrogens (tertiary/aromatic N) is 4. The number of amides is 1. The van der Waals surface area contributed by atoms with Gasteiger partial charge < -0.3 is 20.6 Å². The van der Waals surface area contributed by atoms with Crippen molar-refractivity contribution in [2.75, 3.05) is 30.8 Å². The van der Waals surface area contributed by atoms with E-state index in [1.807, 2.05) is 0 Å². The number of carbonyl (C=O) groups is 2. The lowest BCUT2D eigenvalue weighted by Gasteiger charge is -2.45. The molecule has 8 heteroatoms. The minimum absolute atomic E-state index is 0.0896. The third kappa shape index (κ3) is 2.15. The van der Waals surface area contributed by atoms with Gasteiger partial charge in [-0.15, -0.1) is 0 Å². The predicted octanol–water partition coefficient (Wildman–Crippen LogP) is -0.0393. The summed E-state index contributed by atoms with van der Waals surface area (Å²) in [5, 5.41) is 9.46. The number of nitrogen functional groups attached to an aromatic ring is 1. The van der Waals surface area contributed by atoms with Gasteiger partial charge in [-0.2, -0.15) is 0 Å². The molecule has 0 saturated carbocycles. The van der Waals surface area contributed by atoms with Gasteiger partial charge in [0.25, 0.3) is 0 Å². The van der Waals surface area contributed by atoms with Crippen LogP contribution in [0.4, 0.5) is 11.6 Å². The number of carboxylic acid groups (broad SMARTS) is 1. The van der Waals surface area contributed by atoms with Gasteiger partial charge in [0.1, 0.15) is 18.0 Å². The van der Waals surface area contributed by atoms with Crippen molar-refractivity contribution >= 4 is 23.5 Å². The van der Waals surface area contributed by atoms with E-state index in [0.29, 0.717) is 31.7 Å². The molecule has 0 bridgehead atoms. The second kappa shape index (κ2) is 5.11. The van der Waals surface area contributed by atoms with Crippen LogP contribution in [0.5, 0.6) is 0 Å². The molecule has 0 radical (unpaired) electrons. The van der Waals surface area contributed by atoms with Crippen LogP contribution in [0.3, 0.4) is 0 Å². The first-order chi connectivity index (χ1) is 10.4. The highest BCUT2D eigenvalue weighted by Gasteiger charge is 2.55. The summed E-state index contributed by atoms with van der Waals surface area (Å²) in [4.78, 5) is 35.3. The van der Waals surface area contributed by atoms with Crippen molar-refractivity contribution in [3.05, 3.63) is 12.4 Å². The van der Waals surface area contributed by atoms with Crippen molar-refractivity contribution in [1.29, 1.82) is 0 Å². The quantitative estimate of drug-likeness (QED) is 0.788. The zero-order chi connectivity index (χ0) is 15.9. The van der Waals surface area contributed by atoms with Crippen molar-refractivity contribution in [1.82, 2.24) is 14.9 Å². The molecular formula is C14H19N5O3. The van der Waals surface area contributed by atoms with Crippen molar-refractivity contribution in [3.63, 3.8) is 0 Å². The van der Waals surface area contributed by atoms with Crippen LogP contribution in [-0.4, -0.2) is 57.5 Å². The summed E-state index contributed by atoms with van der Waals surface area (Å²) in [5.74, 6) is -0.477. The van der Waals surface area contributed by atoms with E-state index in [9.17, 15) is 14.7 Å². The molecule has 2 fully saturated rings. The highest BCUT2D eigenvalue weighted by Crippen LogP contribution is 2.43. The predicted molar refractivity (Wildman–Crippen MR) is 79.1 cm³/mol. The number of piperidine rings is 1. The van der Waals surface area contributed by atoms with Gasteiger partial charge in [0.15, 0.2) is 0 Å². The summed E-state index contributed by atoms with van der Waals surface area (Å²) in [6, 6.07) is 1.70. The van der Waals surface area contributed by atoms with Gasteiger partial charge in [-0.25, -0.2) is 9.97 Å². The molecule has 1 aromatic rings. The van der Waals surface area contributed by atoms with E-state index in [-0.39, 0.29) is 12.3 Å². The average molecular weight is 305 g/mol. The standard InChI is InChI=1S/C14H19N5O3/c1-18-12(20)6-9(13(21)22)14(18)2-4-19(5-3-14)11-7-10(15)16-8-17-11/h7-9H,2-6H2,1H3,(H,21,22)(H2,15,16,17)/t9-/m1/s1. The van der Waals surface area contributed by atoms with Crippen LogP contribution in [0.25, 0.3) is 0 Å². The first-order valence-electron chi connectivity index (χ1n) is 7.26. The molecule has 2 aliphatic heterocycles. The molecule has 1 aromatic heterocycles. The van der Waals surface area contributed by atoms with Gasteiger partial charge in [-0.3, -0.25) is 9.59 Å². The van der Waals surface area contributed by atoms with Gasteiger partial charge in [-0.05, 0) is 12.8 Å². The van der Waals surface area contributed by atoms with Crippen LogP contribution in [0, 0.1) is 5.92 Å². The summed E-state index contributed by atoms with van der Waals surface area (Å²) < 4.78 is 0. The molecule has 0 unspecified atom stereocenters. The Balaban J connectivity index is 1.80.